The fourth-order valence-corrected chi connectivity index (χ4v) is 2.90. The SMILES string of the molecule is CNC(C)c1ccc(N2CCOCC2C)c(Br)c1. The van der Waals surface area contributed by atoms with Gasteiger partial charge in [-0.15, -0.1) is 0 Å². The molecule has 1 fully saturated rings. The summed E-state index contributed by atoms with van der Waals surface area (Å²) in [6, 6.07) is 7.41. The highest BCUT2D eigenvalue weighted by molar-refractivity contribution is 9.10. The molecule has 2 atom stereocenters. The molecule has 0 bridgehead atoms. The van der Waals surface area contributed by atoms with Crippen LogP contribution in [0.1, 0.15) is 25.5 Å². The Morgan fingerprint density at radius 2 is 2.28 bits per heavy atom. The molecule has 1 aromatic carbocycles. The summed E-state index contributed by atoms with van der Waals surface area (Å²) in [7, 11) is 1.98. The first-order valence-corrected chi connectivity index (χ1v) is 7.24. The largest absolute Gasteiger partial charge is 0.377 e. The summed E-state index contributed by atoms with van der Waals surface area (Å²) in [4.78, 5) is 2.40. The van der Waals surface area contributed by atoms with E-state index in [1.165, 1.54) is 11.3 Å². The Bertz CT molecular complexity index is 411. The highest BCUT2D eigenvalue weighted by atomic mass is 79.9. The van der Waals surface area contributed by atoms with Crippen molar-refractivity contribution in [3.05, 3.63) is 28.2 Å². The molecule has 1 heterocycles. The summed E-state index contributed by atoms with van der Waals surface area (Å²) >= 11 is 3.70. The van der Waals surface area contributed by atoms with Gasteiger partial charge >= 0.3 is 0 Å². The minimum Gasteiger partial charge on any atom is -0.377 e. The number of nitrogens with one attached hydrogen (secondary N) is 1. The van der Waals surface area contributed by atoms with Gasteiger partial charge in [0.1, 0.15) is 0 Å². The molecule has 1 N–H and O–H groups in total. The summed E-state index contributed by atoms with van der Waals surface area (Å²) < 4.78 is 6.65. The van der Waals surface area contributed by atoms with E-state index in [9.17, 15) is 0 Å². The van der Waals surface area contributed by atoms with Crippen molar-refractivity contribution in [1.82, 2.24) is 5.32 Å². The molecule has 100 valence electrons. The molecule has 1 aliphatic heterocycles. The predicted molar refractivity (Wildman–Crippen MR) is 79.2 cm³/mol. The first-order valence-electron chi connectivity index (χ1n) is 6.44. The number of benzene rings is 1. The highest BCUT2D eigenvalue weighted by Gasteiger charge is 2.21. The van der Waals surface area contributed by atoms with Crippen LogP contribution in [0.25, 0.3) is 0 Å². The van der Waals surface area contributed by atoms with E-state index in [0.717, 1.165) is 24.2 Å². The molecule has 0 radical (unpaired) electrons. The van der Waals surface area contributed by atoms with E-state index in [1.54, 1.807) is 0 Å². The van der Waals surface area contributed by atoms with E-state index < -0.39 is 0 Å². The Labute approximate surface area is 118 Å². The molecular formula is C14H21BrN2O. The van der Waals surface area contributed by atoms with Crippen molar-refractivity contribution in [3.8, 4) is 0 Å². The smallest absolute Gasteiger partial charge is 0.0668 e. The van der Waals surface area contributed by atoms with Crippen molar-refractivity contribution >= 4 is 21.6 Å². The van der Waals surface area contributed by atoms with Crippen molar-refractivity contribution in [2.45, 2.75) is 25.9 Å². The van der Waals surface area contributed by atoms with E-state index in [-0.39, 0.29) is 0 Å². The number of halogens is 1. The van der Waals surface area contributed by atoms with Gasteiger partial charge in [-0.2, -0.15) is 0 Å². The average molecular weight is 313 g/mol. The summed E-state index contributed by atoms with van der Waals surface area (Å²) in [5, 5.41) is 3.26. The zero-order valence-electron chi connectivity index (χ0n) is 11.2. The zero-order valence-corrected chi connectivity index (χ0v) is 12.8. The average Bonchev–Trinajstić information content (AvgIpc) is 2.39. The van der Waals surface area contributed by atoms with Gasteiger partial charge in [-0.05, 0) is 54.5 Å². The number of nitrogens with zero attached hydrogens (tertiary/aromatic N) is 1. The highest BCUT2D eigenvalue weighted by Crippen LogP contribution is 2.31. The molecule has 1 saturated heterocycles. The van der Waals surface area contributed by atoms with Crippen molar-refractivity contribution in [1.29, 1.82) is 0 Å². The van der Waals surface area contributed by atoms with E-state index in [0.29, 0.717) is 12.1 Å². The Hall–Kier alpha value is -0.580. The molecule has 1 aliphatic rings. The second-order valence-corrected chi connectivity index (χ2v) is 5.69. The second kappa shape index (κ2) is 6.04. The molecule has 0 saturated carbocycles. The van der Waals surface area contributed by atoms with Crippen LogP contribution in [0, 0.1) is 0 Å². The quantitative estimate of drug-likeness (QED) is 0.928. The maximum atomic E-state index is 5.49. The Morgan fingerprint density at radius 1 is 1.50 bits per heavy atom. The number of anilines is 1. The lowest BCUT2D eigenvalue weighted by atomic mass is 10.1. The van der Waals surface area contributed by atoms with Gasteiger partial charge in [-0.25, -0.2) is 0 Å². The Balaban J connectivity index is 2.23. The van der Waals surface area contributed by atoms with Gasteiger partial charge in [0.2, 0.25) is 0 Å². The summed E-state index contributed by atoms with van der Waals surface area (Å²) in [6.45, 7) is 6.95. The third kappa shape index (κ3) is 2.87. The molecular weight excluding hydrogens is 292 g/mol. The fourth-order valence-electron chi connectivity index (χ4n) is 2.28. The molecule has 1 aromatic rings. The monoisotopic (exact) mass is 312 g/mol. The van der Waals surface area contributed by atoms with Crippen molar-refractivity contribution in [3.63, 3.8) is 0 Å². The van der Waals surface area contributed by atoms with Crippen LogP contribution in [0.5, 0.6) is 0 Å². The van der Waals surface area contributed by atoms with Crippen LogP contribution >= 0.6 is 15.9 Å². The molecule has 18 heavy (non-hydrogen) atoms. The van der Waals surface area contributed by atoms with E-state index in [1.807, 2.05) is 7.05 Å². The van der Waals surface area contributed by atoms with E-state index >= 15 is 0 Å². The van der Waals surface area contributed by atoms with Crippen LogP contribution in [-0.4, -0.2) is 32.8 Å². The molecule has 3 nitrogen and oxygen atoms in total. The number of ether oxygens (including phenoxy) is 1. The van der Waals surface area contributed by atoms with Gasteiger partial charge in [0.05, 0.1) is 18.9 Å². The van der Waals surface area contributed by atoms with Gasteiger partial charge in [-0.3, -0.25) is 0 Å². The third-order valence-electron chi connectivity index (χ3n) is 3.58. The number of morpholine rings is 1. The minimum absolute atomic E-state index is 0.373. The van der Waals surface area contributed by atoms with Crippen molar-refractivity contribution in [2.75, 3.05) is 31.7 Å². The minimum atomic E-state index is 0.373. The van der Waals surface area contributed by atoms with Gasteiger partial charge in [0, 0.05) is 23.1 Å². The summed E-state index contributed by atoms with van der Waals surface area (Å²) in [6.07, 6.45) is 0. The lowest BCUT2D eigenvalue weighted by Crippen LogP contribution is -2.43. The summed E-state index contributed by atoms with van der Waals surface area (Å²) in [5.74, 6) is 0. The first-order chi connectivity index (χ1) is 8.63. The van der Waals surface area contributed by atoms with Crippen molar-refractivity contribution < 1.29 is 4.74 Å². The topological polar surface area (TPSA) is 24.5 Å². The van der Waals surface area contributed by atoms with E-state index in [2.05, 4.69) is 58.2 Å². The van der Waals surface area contributed by atoms with Gasteiger partial charge in [0.15, 0.2) is 0 Å². The van der Waals surface area contributed by atoms with Crippen molar-refractivity contribution in [2.24, 2.45) is 0 Å². The van der Waals surface area contributed by atoms with Crippen LogP contribution in [-0.2, 0) is 4.74 Å². The number of hydrogen-bond acceptors (Lipinski definition) is 3. The third-order valence-corrected chi connectivity index (χ3v) is 4.22. The van der Waals surface area contributed by atoms with Crippen LogP contribution in [0.2, 0.25) is 0 Å². The Kier molecular flexibility index (Phi) is 4.65. The molecule has 0 amide bonds. The fraction of sp³-hybridized carbons (Fsp3) is 0.571. The van der Waals surface area contributed by atoms with Crippen LogP contribution < -0.4 is 10.2 Å². The molecule has 0 aromatic heterocycles. The molecule has 4 heteroatoms. The molecule has 2 rings (SSSR count). The maximum Gasteiger partial charge on any atom is 0.0668 e. The van der Waals surface area contributed by atoms with Gasteiger partial charge < -0.3 is 15.0 Å². The number of hydrogen-bond donors (Lipinski definition) is 1. The van der Waals surface area contributed by atoms with Gasteiger partial charge in [-0.1, -0.05) is 6.07 Å². The molecule has 2 unspecified atom stereocenters. The lowest BCUT2D eigenvalue weighted by Gasteiger charge is -2.36. The van der Waals surface area contributed by atoms with Crippen LogP contribution in [0.3, 0.4) is 0 Å². The standard InChI is InChI=1S/C14H21BrN2O/c1-10-9-18-7-6-17(10)14-5-4-12(8-13(14)15)11(2)16-3/h4-5,8,10-11,16H,6-7,9H2,1-3H3. The number of rotatable bonds is 3. The normalized spacial score (nSPS) is 22.0. The molecule has 0 aliphatic carbocycles. The second-order valence-electron chi connectivity index (χ2n) is 4.84. The predicted octanol–water partition coefficient (Wildman–Crippen LogP) is 2.95. The summed E-state index contributed by atoms with van der Waals surface area (Å²) in [5.41, 5.74) is 2.56. The maximum absolute atomic E-state index is 5.49. The first kappa shape index (κ1) is 13.8. The van der Waals surface area contributed by atoms with Crippen LogP contribution in [0.15, 0.2) is 22.7 Å². The Morgan fingerprint density at radius 3 is 2.89 bits per heavy atom. The van der Waals surface area contributed by atoms with Crippen LogP contribution in [0.4, 0.5) is 5.69 Å². The zero-order chi connectivity index (χ0) is 13.1. The lowest BCUT2D eigenvalue weighted by molar-refractivity contribution is 0.0989. The molecule has 0 spiro atoms. The van der Waals surface area contributed by atoms with Gasteiger partial charge in [0.25, 0.3) is 0 Å². The van der Waals surface area contributed by atoms with E-state index in [4.69, 9.17) is 4.74 Å².